The van der Waals surface area contributed by atoms with Gasteiger partial charge in [0, 0.05) is 19.1 Å². The summed E-state index contributed by atoms with van der Waals surface area (Å²) in [6, 6.07) is 0.367. The van der Waals surface area contributed by atoms with Crippen molar-refractivity contribution >= 4 is 5.97 Å². The molecule has 2 fully saturated rings. The number of carbonyl (C=O) groups is 1. The first-order valence-electron chi connectivity index (χ1n) is 6.87. The molecule has 0 radical (unpaired) electrons. The molecule has 5 nitrogen and oxygen atoms in total. The molecule has 1 saturated carbocycles. The number of likely N-dealkylation sites (N-methyl/N-ethyl adjacent to an activating group) is 1. The van der Waals surface area contributed by atoms with Crippen molar-refractivity contribution in [1.29, 1.82) is 0 Å². The number of hydrogen-bond donors (Lipinski definition) is 1. The van der Waals surface area contributed by atoms with E-state index in [0.29, 0.717) is 12.1 Å². The van der Waals surface area contributed by atoms with Gasteiger partial charge in [0.15, 0.2) is 0 Å². The highest BCUT2D eigenvalue weighted by molar-refractivity contribution is 5.75. The van der Waals surface area contributed by atoms with Gasteiger partial charge in [0.2, 0.25) is 0 Å². The van der Waals surface area contributed by atoms with E-state index in [2.05, 4.69) is 10.2 Å². The van der Waals surface area contributed by atoms with Gasteiger partial charge in [0.05, 0.1) is 19.8 Å². The predicted octanol–water partition coefficient (Wildman–Crippen LogP) is 0.391. The van der Waals surface area contributed by atoms with E-state index in [0.717, 1.165) is 26.1 Å². The van der Waals surface area contributed by atoms with Crippen LogP contribution >= 0.6 is 0 Å². The number of nitrogens with one attached hydrogen (secondary N) is 1. The van der Waals surface area contributed by atoms with Gasteiger partial charge in [-0.3, -0.25) is 9.69 Å². The molecule has 0 bridgehead atoms. The van der Waals surface area contributed by atoms with Crippen molar-refractivity contribution in [3.05, 3.63) is 0 Å². The first-order chi connectivity index (χ1) is 8.76. The quantitative estimate of drug-likeness (QED) is 0.721. The Morgan fingerprint density at radius 3 is 3.11 bits per heavy atom. The lowest BCUT2D eigenvalue weighted by Gasteiger charge is -2.38. The van der Waals surface area contributed by atoms with Gasteiger partial charge >= 0.3 is 5.97 Å². The van der Waals surface area contributed by atoms with Gasteiger partial charge in [-0.05, 0) is 32.7 Å². The van der Waals surface area contributed by atoms with Crippen molar-refractivity contribution < 1.29 is 14.3 Å². The Morgan fingerprint density at radius 1 is 1.56 bits per heavy atom. The number of rotatable bonds is 5. The van der Waals surface area contributed by atoms with Crippen LogP contribution in [0.5, 0.6) is 0 Å². The largest absolute Gasteiger partial charge is 0.468 e. The fourth-order valence-corrected chi connectivity index (χ4v) is 3.10. The second-order valence-electron chi connectivity index (χ2n) is 5.10. The van der Waals surface area contributed by atoms with Gasteiger partial charge in [-0.15, -0.1) is 0 Å². The van der Waals surface area contributed by atoms with E-state index in [-0.39, 0.29) is 12.0 Å². The highest BCUT2D eigenvalue weighted by Gasteiger charge is 2.36. The molecular formula is C13H24N2O3. The molecule has 18 heavy (non-hydrogen) atoms. The Morgan fingerprint density at radius 2 is 2.39 bits per heavy atom. The molecule has 104 valence electrons. The van der Waals surface area contributed by atoms with E-state index >= 15 is 0 Å². The molecule has 5 heteroatoms. The molecule has 0 amide bonds. The minimum absolute atomic E-state index is 0.172. The Bertz CT molecular complexity index is 285. The molecule has 0 aromatic carbocycles. The average molecular weight is 256 g/mol. The molecule has 2 rings (SSSR count). The van der Waals surface area contributed by atoms with Crippen molar-refractivity contribution in [1.82, 2.24) is 10.2 Å². The maximum Gasteiger partial charge on any atom is 0.322 e. The van der Waals surface area contributed by atoms with E-state index in [1.165, 1.54) is 26.4 Å². The SMILES string of the molecule is CNC(CCN1CCOC2CCCC21)C(=O)OC. The summed E-state index contributed by atoms with van der Waals surface area (Å²) in [5.41, 5.74) is 0. The molecule has 1 aliphatic carbocycles. The topological polar surface area (TPSA) is 50.8 Å². The number of ether oxygens (including phenoxy) is 2. The molecule has 1 aliphatic heterocycles. The first-order valence-corrected chi connectivity index (χ1v) is 6.87. The van der Waals surface area contributed by atoms with Crippen LogP contribution in [-0.4, -0.2) is 62.9 Å². The summed E-state index contributed by atoms with van der Waals surface area (Å²) in [6.45, 7) is 2.74. The zero-order valence-corrected chi connectivity index (χ0v) is 11.4. The smallest absolute Gasteiger partial charge is 0.322 e. The van der Waals surface area contributed by atoms with Crippen LogP contribution in [0, 0.1) is 0 Å². The van der Waals surface area contributed by atoms with Crippen LogP contribution in [0.1, 0.15) is 25.7 Å². The first kappa shape index (κ1) is 13.8. The fourth-order valence-electron chi connectivity index (χ4n) is 3.10. The number of methoxy groups -OCH3 is 1. The van der Waals surface area contributed by atoms with Crippen LogP contribution in [0.25, 0.3) is 0 Å². The van der Waals surface area contributed by atoms with E-state index in [1.54, 1.807) is 7.05 Å². The summed E-state index contributed by atoms with van der Waals surface area (Å²) < 4.78 is 10.6. The molecule has 0 spiro atoms. The third kappa shape index (κ3) is 3.02. The van der Waals surface area contributed by atoms with Gasteiger partial charge in [-0.25, -0.2) is 0 Å². The third-order valence-corrected chi connectivity index (χ3v) is 4.14. The summed E-state index contributed by atoms with van der Waals surface area (Å²) >= 11 is 0. The summed E-state index contributed by atoms with van der Waals surface area (Å²) in [6.07, 6.45) is 4.90. The van der Waals surface area contributed by atoms with E-state index < -0.39 is 0 Å². The van der Waals surface area contributed by atoms with Crippen molar-refractivity contribution in [2.45, 2.75) is 43.9 Å². The van der Waals surface area contributed by atoms with Gasteiger partial charge in [-0.1, -0.05) is 0 Å². The van der Waals surface area contributed by atoms with Crippen molar-refractivity contribution in [3.63, 3.8) is 0 Å². The lowest BCUT2D eigenvalue weighted by Crippen LogP contribution is -2.50. The molecule has 1 heterocycles. The summed E-state index contributed by atoms with van der Waals surface area (Å²) in [7, 11) is 3.24. The number of esters is 1. The molecule has 1 N–H and O–H groups in total. The van der Waals surface area contributed by atoms with Crippen molar-refractivity contribution in [2.24, 2.45) is 0 Å². The number of morpholine rings is 1. The number of fused-ring (bicyclic) bond motifs is 1. The maximum absolute atomic E-state index is 11.5. The molecule has 2 aliphatic rings. The highest BCUT2D eigenvalue weighted by atomic mass is 16.5. The van der Waals surface area contributed by atoms with Crippen LogP contribution in [0.3, 0.4) is 0 Å². The van der Waals surface area contributed by atoms with Gasteiger partial charge in [0.25, 0.3) is 0 Å². The Labute approximate surface area is 109 Å². The lowest BCUT2D eigenvalue weighted by atomic mass is 10.1. The van der Waals surface area contributed by atoms with E-state index in [1.807, 2.05) is 0 Å². The third-order valence-electron chi connectivity index (χ3n) is 4.14. The average Bonchev–Trinajstić information content (AvgIpc) is 2.88. The van der Waals surface area contributed by atoms with E-state index in [9.17, 15) is 4.79 Å². The number of hydrogen-bond acceptors (Lipinski definition) is 5. The van der Waals surface area contributed by atoms with Gasteiger partial charge in [-0.2, -0.15) is 0 Å². The summed E-state index contributed by atoms with van der Waals surface area (Å²) in [5.74, 6) is -0.172. The highest BCUT2D eigenvalue weighted by Crippen LogP contribution is 2.29. The van der Waals surface area contributed by atoms with Crippen LogP contribution in [0.15, 0.2) is 0 Å². The van der Waals surface area contributed by atoms with Crippen LogP contribution in [0.2, 0.25) is 0 Å². The van der Waals surface area contributed by atoms with Gasteiger partial charge in [0.1, 0.15) is 6.04 Å². The normalized spacial score (nSPS) is 29.9. The zero-order chi connectivity index (χ0) is 13.0. The zero-order valence-electron chi connectivity index (χ0n) is 11.4. The predicted molar refractivity (Wildman–Crippen MR) is 68.4 cm³/mol. The monoisotopic (exact) mass is 256 g/mol. The van der Waals surface area contributed by atoms with Gasteiger partial charge < -0.3 is 14.8 Å². The number of carbonyl (C=O) groups excluding carboxylic acids is 1. The van der Waals surface area contributed by atoms with E-state index in [4.69, 9.17) is 9.47 Å². The molecule has 0 aromatic heterocycles. The summed E-state index contributed by atoms with van der Waals surface area (Å²) in [5, 5.41) is 3.02. The van der Waals surface area contributed by atoms with Crippen LogP contribution < -0.4 is 5.32 Å². The summed E-state index contributed by atoms with van der Waals surface area (Å²) in [4.78, 5) is 14.0. The lowest BCUT2D eigenvalue weighted by molar-refractivity contribution is -0.143. The molecular weight excluding hydrogens is 232 g/mol. The Hall–Kier alpha value is -0.650. The Kier molecular flexibility index (Phi) is 4.97. The minimum Gasteiger partial charge on any atom is -0.468 e. The van der Waals surface area contributed by atoms with Crippen LogP contribution in [-0.2, 0) is 14.3 Å². The van der Waals surface area contributed by atoms with Crippen molar-refractivity contribution in [2.75, 3.05) is 33.9 Å². The Balaban J connectivity index is 1.83. The maximum atomic E-state index is 11.5. The minimum atomic E-state index is -0.197. The second-order valence-corrected chi connectivity index (χ2v) is 5.10. The standard InChI is InChI=1S/C13H24N2O3/c1-14-10(13(16)17-2)6-7-15-8-9-18-12-5-3-4-11(12)15/h10-12,14H,3-9H2,1-2H3. The van der Waals surface area contributed by atoms with Crippen molar-refractivity contribution in [3.8, 4) is 0 Å². The molecule has 1 saturated heterocycles. The molecule has 3 atom stereocenters. The second kappa shape index (κ2) is 6.50. The molecule has 3 unspecified atom stereocenters. The number of nitrogens with zero attached hydrogens (tertiary/aromatic N) is 1. The molecule has 0 aromatic rings. The fraction of sp³-hybridized carbons (Fsp3) is 0.923. The van der Waals surface area contributed by atoms with Crippen LogP contribution in [0.4, 0.5) is 0 Å².